The minimum atomic E-state index is 0.284. The van der Waals surface area contributed by atoms with Crippen LogP contribution in [0, 0.1) is 0 Å². The summed E-state index contributed by atoms with van der Waals surface area (Å²) in [5, 5.41) is 5.78. The second-order valence-corrected chi connectivity index (χ2v) is 9.62. The molecule has 0 radical (unpaired) electrons. The summed E-state index contributed by atoms with van der Waals surface area (Å²) in [7, 11) is 0. The van der Waals surface area contributed by atoms with Gasteiger partial charge < -0.3 is 5.32 Å². The van der Waals surface area contributed by atoms with Crippen molar-refractivity contribution < 1.29 is 0 Å². The van der Waals surface area contributed by atoms with Gasteiger partial charge in [-0.15, -0.1) is 22.7 Å². The van der Waals surface area contributed by atoms with Crippen LogP contribution in [-0.2, 0) is 0 Å². The normalized spacial score (nSPS) is 16.0. The molecule has 150 valence electrons. The smallest absolute Gasteiger partial charge is 0.124 e. The zero-order valence-corrected chi connectivity index (χ0v) is 18.3. The van der Waals surface area contributed by atoms with Crippen molar-refractivity contribution in [2.75, 3.05) is 5.32 Å². The van der Waals surface area contributed by atoms with E-state index in [9.17, 15) is 0 Å². The lowest BCUT2D eigenvalue weighted by Crippen LogP contribution is -2.17. The van der Waals surface area contributed by atoms with Crippen LogP contribution < -0.4 is 5.32 Å². The largest absolute Gasteiger partial charge is 0.379 e. The summed E-state index contributed by atoms with van der Waals surface area (Å²) in [5.41, 5.74) is 5.63. The van der Waals surface area contributed by atoms with E-state index in [1.165, 1.54) is 15.0 Å². The van der Waals surface area contributed by atoms with E-state index in [1.54, 1.807) is 22.7 Å². The number of hydrogen-bond donors (Lipinski definition) is 1. The monoisotopic (exact) mass is 437 g/mol. The van der Waals surface area contributed by atoms with Gasteiger partial charge in [0.25, 0.3) is 0 Å². The number of benzene rings is 3. The van der Waals surface area contributed by atoms with Gasteiger partial charge in [0.05, 0.1) is 20.4 Å². The molecular formula is C26H19N3S2. The van der Waals surface area contributed by atoms with E-state index >= 15 is 0 Å². The number of aromatic nitrogens is 2. The molecule has 0 amide bonds. The molecule has 2 heterocycles. The van der Waals surface area contributed by atoms with Gasteiger partial charge in [-0.3, -0.25) is 0 Å². The third-order valence-corrected chi connectivity index (χ3v) is 7.59. The topological polar surface area (TPSA) is 37.8 Å². The molecule has 0 spiro atoms. The van der Waals surface area contributed by atoms with Crippen molar-refractivity contribution in [3.05, 3.63) is 96.0 Å². The number of hydrogen-bond acceptors (Lipinski definition) is 5. The molecule has 1 atom stereocenters. The van der Waals surface area contributed by atoms with Gasteiger partial charge in [-0.1, -0.05) is 42.5 Å². The molecule has 5 heteroatoms. The fraction of sp³-hybridized carbons (Fsp3) is 0.0769. The van der Waals surface area contributed by atoms with Crippen molar-refractivity contribution in [1.82, 2.24) is 9.97 Å². The van der Waals surface area contributed by atoms with Crippen LogP contribution >= 0.6 is 22.7 Å². The number of nitrogens with one attached hydrogen (secondary N) is 1. The molecule has 0 fully saturated rings. The van der Waals surface area contributed by atoms with Crippen LogP contribution in [0.15, 0.2) is 91.0 Å². The number of rotatable bonds is 4. The molecule has 3 aromatic carbocycles. The Morgan fingerprint density at radius 1 is 0.742 bits per heavy atom. The van der Waals surface area contributed by atoms with Crippen molar-refractivity contribution >= 4 is 54.4 Å². The minimum absolute atomic E-state index is 0.284. The summed E-state index contributed by atoms with van der Waals surface area (Å²) >= 11 is 3.49. The maximum atomic E-state index is 4.77. The number of nitrogens with zero attached hydrogens (tertiary/aromatic N) is 2. The molecule has 2 aromatic heterocycles. The molecule has 0 bridgehead atoms. The summed E-state index contributed by atoms with van der Waals surface area (Å²) in [6, 6.07) is 25.5. The fourth-order valence-corrected chi connectivity index (χ4v) is 5.76. The van der Waals surface area contributed by atoms with Gasteiger partial charge in [0, 0.05) is 22.9 Å². The molecule has 5 aromatic rings. The molecule has 1 aliphatic carbocycles. The molecule has 3 nitrogen and oxygen atoms in total. The predicted molar refractivity (Wildman–Crippen MR) is 134 cm³/mol. The van der Waals surface area contributed by atoms with Crippen LogP contribution in [0.4, 0.5) is 5.69 Å². The summed E-state index contributed by atoms with van der Waals surface area (Å²) in [4.78, 5) is 9.53. The molecule has 1 unspecified atom stereocenters. The maximum absolute atomic E-state index is 4.77. The number of thiazole rings is 2. The Bertz CT molecular complexity index is 1370. The first-order chi connectivity index (χ1) is 15.3. The van der Waals surface area contributed by atoms with Crippen molar-refractivity contribution in [2.24, 2.45) is 0 Å². The lowest BCUT2D eigenvalue weighted by Gasteiger charge is -2.18. The quantitative estimate of drug-likeness (QED) is 0.318. The van der Waals surface area contributed by atoms with Crippen LogP contribution in [0.5, 0.6) is 0 Å². The fourth-order valence-electron chi connectivity index (χ4n) is 3.80. The SMILES string of the molecule is C1=CC(Nc2ccc(-c3nc4ccccc4s3)cc2)CC=C1c1nc2ccccc2s1. The summed E-state index contributed by atoms with van der Waals surface area (Å²) in [6.07, 6.45) is 7.66. The van der Waals surface area contributed by atoms with Crippen molar-refractivity contribution in [2.45, 2.75) is 12.5 Å². The highest BCUT2D eigenvalue weighted by atomic mass is 32.1. The second kappa shape index (κ2) is 7.76. The van der Waals surface area contributed by atoms with Crippen LogP contribution in [0.3, 0.4) is 0 Å². The molecule has 1 N–H and O–H groups in total. The van der Waals surface area contributed by atoms with Crippen LogP contribution in [0.2, 0.25) is 0 Å². The minimum Gasteiger partial charge on any atom is -0.379 e. The lowest BCUT2D eigenvalue weighted by molar-refractivity contribution is 0.886. The first-order valence-electron chi connectivity index (χ1n) is 10.3. The average molecular weight is 438 g/mol. The molecule has 0 saturated heterocycles. The van der Waals surface area contributed by atoms with E-state index in [1.807, 2.05) is 12.1 Å². The summed E-state index contributed by atoms with van der Waals surface area (Å²) < 4.78 is 2.46. The zero-order valence-electron chi connectivity index (χ0n) is 16.7. The van der Waals surface area contributed by atoms with Gasteiger partial charge in [0.1, 0.15) is 10.0 Å². The highest BCUT2D eigenvalue weighted by Crippen LogP contribution is 2.32. The van der Waals surface area contributed by atoms with Crippen LogP contribution in [0.25, 0.3) is 36.6 Å². The Kier molecular flexibility index (Phi) is 4.63. The third kappa shape index (κ3) is 3.67. The Morgan fingerprint density at radius 2 is 1.39 bits per heavy atom. The molecule has 1 aliphatic rings. The Morgan fingerprint density at radius 3 is 2.03 bits per heavy atom. The Labute approximate surface area is 188 Å². The van der Waals surface area contributed by atoms with Gasteiger partial charge in [0.2, 0.25) is 0 Å². The van der Waals surface area contributed by atoms with Gasteiger partial charge in [0.15, 0.2) is 0 Å². The molecule has 0 aliphatic heterocycles. The van der Waals surface area contributed by atoms with Gasteiger partial charge in [-0.25, -0.2) is 9.97 Å². The molecule has 0 saturated carbocycles. The summed E-state index contributed by atoms with van der Waals surface area (Å²) in [5.74, 6) is 0. The highest BCUT2D eigenvalue weighted by molar-refractivity contribution is 7.21. The van der Waals surface area contributed by atoms with Crippen molar-refractivity contribution in [3.8, 4) is 10.6 Å². The third-order valence-electron chi connectivity index (χ3n) is 5.42. The maximum Gasteiger partial charge on any atom is 0.124 e. The lowest BCUT2D eigenvalue weighted by atomic mass is 10.0. The zero-order chi connectivity index (χ0) is 20.6. The number of anilines is 1. The van der Waals surface area contributed by atoms with E-state index in [2.05, 4.69) is 84.2 Å². The molecular weight excluding hydrogens is 418 g/mol. The van der Waals surface area contributed by atoms with Gasteiger partial charge >= 0.3 is 0 Å². The number of allylic oxidation sites excluding steroid dienone is 2. The predicted octanol–water partition coefficient (Wildman–Crippen LogP) is 7.40. The van der Waals surface area contributed by atoms with Gasteiger partial charge in [-0.2, -0.15) is 0 Å². The van der Waals surface area contributed by atoms with E-state index in [0.717, 1.165) is 38.7 Å². The number of para-hydroxylation sites is 2. The van der Waals surface area contributed by atoms with E-state index < -0.39 is 0 Å². The van der Waals surface area contributed by atoms with E-state index in [0.29, 0.717) is 0 Å². The number of fused-ring (bicyclic) bond motifs is 2. The van der Waals surface area contributed by atoms with E-state index in [4.69, 9.17) is 9.97 Å². The molecule has 6 rings (SSSR count). The highest BCUT2D eigenvalue weighted by Gasteiger charge is 2.13. The van der Waals surface area contributed by atoms with Crippen molar-refractivity contribution in [3.63, 3.8) is 0 Å². The second-order valence-electron chi connectivity index (χ2n) is 7.56. The van der Waals surface area contributed by atoms with Crippen LogP contribution in [-0.4, -0.2) is 16.0 Å². The first kappa shape index (κ1) is 18.5. The Balaban J connectivity index is 1.14. The average Bonchev–Trinajstić information content (AvgIpc) is 3.44. The van der Waals surface area contributed by atoms with E-state index in [-0.39, 0.29) is 6.04 Å². The standard InChI is InChI=1S/C26H19N3S2/c1-3-7-23-21(5-1)28-25(30-23)17-9-13-19(14-10-17)27-20-15-11-18(12-16-20)26-29-22-6-2-4-8-24(22)31-26/h1-15,20,27H,16H2. The van der Waals surface area contributed by atoms with Gasteiger partial charge in [-0.05, 0) is 55.0 Å². The van der Waals surface area contributed by atoms with Crippen LogP contribution in [0.1, 0.15) is 11.4 Å². The molecule has 31 heavy (non-hydrogen) atoms. The first-order valence-corrected chi connectivity index (χ1v) is 11.9. The van der Waals surface area contributed by atoms with Crippen molar-refractivity contribution in [1.29, 1.82) is 0 Å². The Hall–Kier alpha value is -3.28. The summed E-state index contributed by atoms with van der Waals surface area (Å²) in [6.45, 7) is 0.